The number of hydrogen-bond donors (Lipinski definition) is 1. The Hall–Kier alpha value is -0.730. The monoisotopic (exact) mass is 214 g/mol. The summed E-state index contributed by atoms with van der Waals surface area (Å²) in [6.07, 6.45) is 3.90. The first-order chi connectivity index (χ1) is 6.29. The predicted molar refractivity (Wildman–Crippen MR) is 56.3 cm³/mol. The van der Waals surface area contributed by atoms with Crippen molar-refractivity contribution in [3.05, 3.63) is 33.9 Å². The van der Waals surface area contributed by atoms with E-state index in [1.807, 2.05) is 12.2 Å². The molecule has 1 N–H and O–H groups in total. The van der Waals surface area contributed by atoms with E-state index in [0.29, 0.717) is 6.54 Å². The maximum Gasteiger partial charge on any atom is 0.128 e. The van der Waals surface area contributed by atoms with E-state index >= 15 is 0 Å². The lowest BCUT2D eigenvalue weighted by Gasteiger charge is -2.20. The Balaban J connectivity index is 2.37. The van der Waals surface area contributed by atoms with Crippen molar-refractivity contribution in [3.8, 4) is 0 Å². The third-order valence-corrected chi connectivity index (χ3v) is 2.42. The zero-order valence-electron chi connectivity index (χ0n) is 6.85. The number of hydrogen-bond acceptors (Lipinski definition) is 2. The first kappa shape index (κ1) is 8.85. The van der Waals surface area contributed by atoms with Gasteiger partial charge in [0.25, 0.3) is 0 Å². The summed E-state index contributed by atoms with van der Waals surface area (Å²) in [5.41, 5.74) is 3.61. The summed E-state index contributed by atoms with van der Waals surface area (Å²) in [5.74, 6) is 0.909. The van der Waals surface area contributed by atoms with Crippen LogP contribution >= 0.6 is 23.2 Å². The van der Waals surface area contributed by atoms with Crippen LogP contribution in [-0.4, -0.2) is 18.9 Å². The first-order valence-electron chi connectivity index (χ1n) is 3.95. The highest BCUT2D eigenvalue weighted by atomic mass is 35.5. The molecule has 2 rings (SSSR count). The number of nitrogens with zero attached hydrogens (tertiary/aromatic N) is 1. The van der Waals surface area contributed by atoms with Gasteiger partial charge in [-0.3, -0.25) is 4.99 Å². The lowest BCUT2D eigenvalue weighted by molar-refractivity contribution is 0.962. The Morgan fingerprint density at radius 3 is 3.08 bits per heavy atom. The van der Waals surface area contributed by atoms with Crippen LogP contribution in [0.25, 0.3) is 0 Å². The van der Waals surface area contributed by atoms with E-state index < -0.39 is 0 Å². The van der Waals surface area contributed by atoms with Crippen LogP contribution in [0.1, 0.15) is 0 Å². The van der Waals surface area contributed by atoms with Gasteiger partial charge in [0.15, 0.2) is 0 Å². The van der Waals surface area contributed by atoms with Gasteiger partial charge < -0.3 is 5.32 Å². The fraction of sp³-hybridized carbons (Fsp3) is 0.222. The molecule has 2 aliphatic heterocycles. The molecule has 0 saturated heterocycles. The summed E-state index contributed by atoms with van der Waals surface area (Å²) < 4.78 is 0. The topological polar surface area (TPSA) is 24.4 Å². The van der Waals surface area contributed by atoms with Crippen molar-refractivity contribution >= 4 is 29.0 Å². The van der Waals surface area contributed by atoms with Crippen LogP contribution in [0, 0.1) is 0 Å². The smallest absolute Gasteiger partial charge is 0.128 e. The minimum atomic E-state index is 0.571. The molecule has 0 aromatic carbocycles. The molecule has 0 aromatic rings. The van der Waals surface area contributed by atoms with Crippen LogP contribution in [0.4, 0.5) is 0 Å². The number of nitrogens with one attached hydrogen (secondary N) is 1. The molecular weight excluding hydrogens is 207 g/mol. The molecule has 0 unspecified atom stereocenters. The van der Waals surface area contributed by atoms with Gasteiger partial charge >= 0.3 is 0 Å². The van der Waals surface area contributed by atoms with Crippen molar-refractivity contribution in [2.24, 2.45) is 4.99 Å². The second-order valence-electron chi connectivity index (χ2n) is 2.89. The maximum absolute atomic E-state index is 5.86. The van der Waals surface area contributed by atoms with E-state index in [1.165, 1.54) is 0 Å². The Kier molecular flexibility index (Phi) is 2.42. The molecule has 0 aliphatic carbocycles. The van der Waals surface area contributed by atoms with Gasteiger partial charge in [0.2, 0.25) is 0 Å². The molecule has 0 fully saturated rings. The largest absolute Gasteiger partial charge is 0.366 e. The van der Waals surface area contributed by atoms with Gasteiger partial charge in [-0.2, -0.15) is 0 Å². The maximum atomic E-state index is 5.86. The zero-order valence-corrected chi connectivity index (χ0v) is 8.36. The lowest BCUT2D eigenvalue weighted by atomic mass is 10.1. The van der Waals surface area contributed by atoms with Crippen molar-refractivity contribution in [3.63, 3.8) is 0 Å². The summed E-state index contributed by atoms with van der Waals surface area (Å²) >= 11 is 11.5. The summed E-state index contributed by atoms with van der Waals surface area (Å²) in [6, 6.07) is 0. The first-order valence-corrected chi connectivity index (χ1v) is 4.77. The molecule has 0 amide bonds. The molecule has 2 nitrogen and oxygen atoms in total. The van der Waals surface area contributed by atoms with E-state index in [4.69, 9.17) is 23.2 Å². The average Bonchev–Trinajstić information content (AvgIpc) is 2.16. The van der Waals surface area contributed by atoms with Crippen LogP contribution in [0.3, 0.4) is 0 Å². The SMILES string of the molecule is Cl/C=C1/C=C2C=C(Cl)CN=C2NC1. The van der Waals surface area contributed by atoms with Gasteiger partial charge in [-0.25, -0.2) is 0 Å². The summed E-state index contributed by atoms with van der Waals surface area (Å²) in [5, 5.41) is 3.93. The number of aliphatic imine (C=N–C) groups is 1. The molecule has 2 aliphatic rings. The van der Waals surface area contributed by atoms with E-state index in [1.54, 1.807) is 5.54 Å². The average molecular weight is 215 g/mol. The number of amidine groups is 1. The van der Waals surface area contributed by atoms with E-state index in [2.05, 4.69) is 10.3 Å². The second kappa shape index (κ2) is 3.56. The van der Waals surface area contributed by atoms with Crippen LogP contribution in [0.5, 0.6) is 0 Å². The second-order valence-corrected chi connectivity index (χ2v) is 3.60. The summed E-state index contributed by atoms with van der Waals surface area (Å²) in [4.78, 5) is 4.27. The van der Waals surface area contributed by atoms with Gasteiger partial charge in [-0.15, -0.1) is 0 Å². The zero-order chi connectivity index (χ0) is 9.26. The Morgan fingerprint density at radius 1 is 1.46 bits per heavy atom. The highest BCUT2D eigenvalue weighted by Crippen LogP contribution is 2.19. The van der Waals surface area contributed by atoms with Crippen LogP contribution in [0.2, 0.25) is 0 Å². The fourth-order valence-corrected chi connectivity index (χ4v) is 1.62. The van der Waals surface area contributed by atoms with Crippen LogP contribution < -0.4 is 5.32 Å². The molecular formula is C9H8Cl2N2. The van der Waals surface area contributed by atoms with Crippen molar-refractivity contribution in [1.29, 1.82) is 0 Å². The Bertz CT molecular complexity index is 351. The summed E-state index contributed by atoms with van der Waals surface area (Å²) in [7, 11) is 0. The molecule has 0 spiro atoms. The minimum Gasteiger partial charge on any atom is -0.366 e. The van der Waals surface area contributed by atoms with Crippen LogP contribution in [-0.2, 0) is 0 Å². The molecule has 0 saturated carbocycles. The molecule has 4 heteroatoms. The quantitative estimate of drug-likeness (QED) is 0.657. The van der Waals surface area contributed by atoms with Crippen molar-refractivity contribution in [2.75, 3.05) is 13.1 Å². The minimum absolute atomic E-state index is 0.571. The van der Waals surface area contributed by atoms with Gasteiger partial charge in [-0.05, 0) is 17.7 Å². The molecule has 0 radical (unpaired) electrons. The molecule has 2 heterocycles. The third-order valence-electron chi connectivity index (χ3n) is 1.91. The summed E-state index contributed by atoms with van der Waals surface area (Å²) in [6.45, 7) is 1.30. The van der Waals surface area contributed by atoms with E-state index in [-0.39, 0.29) is 0 Å². The molecule has 0 aromatic heterocycles. The van der Waals surface area contributed by atoms with Crippen molar-refractivity contribution in [2.45, 2.75) is 0 Å². The van der Waals surface area contributed by atoms with Gasteiger partial charge in [0, 0.05) is 22.7 Å². The van der Waals surface area contributed by atoms with Crippen LogP contribution in [0.15, 0.2) is 38.9 Å². The van der Waals surface area contributed by atoms with Gasteiger partial charge in [0.05, 0.1) is 6.54 Å². The highest BCUT2D eigenvalue weighted by molar-refractivity contribution is 6.31. The standard InChI is InChI=1S/C9H8Cl2N2/c10-3-6-1-7-2-8(11)5-13-9(7)12-4-6/h1-3H,4-5H2,(H,12,13)/b6-3-. The lowest BCUT2D eigenvalue weighted by Crippen LogP contribution is -2.32. The van der Waals surface area contributed by atoms with E-state index in [9.17, 15) is 0 Å². The number of halogens is 2. The highest BCUT2D eigenvalue weighted by Gasteiger charge is 2.15. The molecule has 13 heavy (non-hydrogen) atoms. The number of fused-ring (bicyclic) bond motifs is 1. The van der Waals surface area contributed by atoms with Crippen molar-refractivity contribution in [1.82, 2.24) is 5.32 Å². The van der Waals surface area contributed by atoms with E-state index in [0.717, 1.165) is 28.6 Å². The molecule has 68 valence electrons. The fourth-order valence-electron chi connectivity index (χ4n) is 1.30. The Morgan fingerprint density at radius 2 is 2.31 bits per heavy atom. The number of dihydropyridines is 1. The molecule has 0 atom stereocenters. The third kappa shape index (κ3) is 1.79. The number of rotatable bonds is 0. The Labute approximate surface area is 86.6 Å². The van der Waals surface area contributed by atoms with Crippen molar-refractivity contribution < 1.29 is 0 Å². The van der Waals surface area contributed by atoms with Gasteiger partial charge in [0.1, 0.15) is 5.84 Å². The van der Waals surface area contributed by atoms with Gasteiger partial charge in [-0.1, -0.05) is 23.2 Å². The normalized spacial score (nSPS) is 24.2. The predicted octanol–water partition coefficient (Wildman–Crippen LogP) is 2.17. The molecule has 0 bridgehead atoms.